The number of ether oxygens (including phenoxy) is 1. The Morgan fingerprint density at radius 1 is 1.27 bits per heavy atom. The van der Waals surface area contributed by atoms with Crippen molar-refractivity contribution < 1.29 is 13.9 Å². The zero-order valence-corrected chi connectivity index (χ0v) is 17.0. The maximum Gasteiger partial charge on any atom is 0.327 e. The Labute approximate surface area is 170 Å². The summed E-state index contributed by atoms with van der Waals surface area (Å²) in [6.07, 6.45) is 4.31. The van der Waals surface area contributed by atoms with Crippen molar-refractivity contribution in [3.05, 3.63) is 47.0 Å². The van der Waals surface area contributed by atoms with E-state index < -0.39 is 29.1 Å². The third-order valence-corrected chi connectivity index (χ3v) is 4.48. The number of halogens is 1. The number of fused-ring (bicyclic) bond motifs is 2. The summed E-state index contributed by atoms with van der Waals surface area (Å²) in [5.41, 5.74) is 0.769. The third kappa shape index (κ3) is 3.68. The minimum absolute atomic E-state index is 0.00426. The molecule has 4 heterocycles. The van der Waals surface area contributed by atoms with Crippen LogP contribution in [0.15, 0.2) is 35.5 Å². The second-order valence-electron chi connectivity index (χ2n) is 8.09. The van der Waals surface area contributed by atoms with E-state index in [-0.39, 0.29) is 12.2 Å². The topological polar surface area (TPSA) is 107 Å². The fourth-order valence-corrected chi connectivity index (χ4v) is 3.28. The molecule has 1 atom stereocenters. The van der Waals surface area contributed by atoms with Gasteiger partial charge < -0.3 is 9.72 Å². The number of aromatic amines is 1. The lowest BCUT2D eigenvalue weighted by atomic mass is 10.2. The van der Waals surface area contributed by atoms with Crippen molar-refractivity contribution in [2.75, 3.05) is 0 Å². The van der Waals surface area contributed by atoms with Crippen molar-refractivity contribution >= 4 is 22.8 Å². The lowest BCUT2D eigenvalue weighted by molar-refractivity contribution is -0.155. The molecule has 9 nitrogen and oxygen atoms in total. The molecule has 4 aromatic heterocycles. The number of H-pyrrole nitrogens is 1. The van der Waals surface area contributed by atoms with Gasteiger partial charge in [-0.1, -0.05) is 0 Å². The standard InChI is InChI=1S/C20H21FN6O3/c1-11(7-16(28)30-20(2,3)4)27-18-13(24-19(27)29)8-23-17(25-18)14-9-22-15-6-5-12(21)10-26(14)15/h5-6,8-11H,7H2,1-4H3,(H,24,29)/t11-/m1/s1. The molecular weight excluding hydrogens is 391 g/mol. The van der Waals surface area contributed by atoms with Crippen LogP contribution < -0.4 is 5.69 Å². The summed E-state index contributed by atoms with van der Waals surface area (Å²) in [7, 11) is 0. The Bertz CT molecular complexity index is 1310. The monoisotopic (exact) mass is 412 g/mol. The normalized spacial score (nSPS) is 13.1. The highest BCUT2D eigenvalue weighted by atomic mass is 19.1. The number of carbonyl (C=O) groups excluding carboxylic acids is 1. The van der Waals surface area contributed by atoms with Gasteiger partial charge >= 0.3 is 11.7 Å². The number of carbonyl (C=O) groups is 1. The van der Waals surface area contributed by atoms with Crippen LogP contribution in [0.3, 0.4) is 0 Å². The van der Waals surface area contributed by atoms with Crippen LogP contribution in [0.25, 0.3) is 28.3 Å². The molecule has 0 saturated heterocycles. The van der Waals surface area contributed by atoms with Crippen molar-refractivity contribution in [2.45, 2.75) is 45.8 Å². The molecule has 0 unspecified atom stereocenters. The predicted octanol–water partition coefficient (Wildman–Crippen LogP) is 2.87. The van der Waals surface area contributed by atoms with Crippen molar-refractivity contribution in [3.8, 4) is 11.5 Å². The average molecular weight is 412 g/mol. The quantitative estimate of drug-likeness (QED) is 0.517. The van der Waals surface area contributed by atoms with Gasteiger partial charge in [-0.3, -0.25) is 13.8 Å². The average Bonchev–Trinajstić information content (AvgIpc) is 3.18. The van der Waals surface area contributed by atoms with Crippen LogP contribution >= 0.6 is 0 Å². The van der Waals surface area contributed by atoms with Gasteiger partial charge in [0.25, 0.3) is 0 Å². The molecule has 30 heavy (non-hydrogen) atoms. The fourth-order valence-electron chi connectivity index (χ4n) is 3.28. The van der Waals surface area contributed by atoms with E-state index in [4.69, 9.17) is 4.74 Å². The van der Waals surface area contributed by atoms with Gasteiger partial charge in [-0.2, -0.15) is 0 Å². The van der Waals surface area contributed by atoms with Gasteiger partial charge in [0, 0.05) is 12.2 Å². The molecule has 0 spiro atoms. The van der Waals surface area contributed by atoms with Gasteiger partial charge in [0.15, 0.2) is 11.5 Å². The predicted molar refractivity (Wildman–Crippen MR) is 107 cm³/mol. The minimum atomic E-state index is -0.615. The molecule has 0 fully saturated rings. The highest BCUT2D eigenvalue weighted by Gasteiger charge is 2.22. The molecular formula is C20H21FN6O3. The Morgan fingerprint density at radius 3 is 2.77 bits per heavy atom. The SMILES string of the molecule is C[C@H](CC(=O)OC(C)(C)C)n1c(=O)[nH]c2cnc(-c3cnc4ccc(F)cn34)nc21. The Hall–Kier alpha value is -3.56. The molecule has 156 valence electrons. The maximum absolute atomic E-state index is 13.7. The number of nitrogens with zero attached hydrogens (tertiary/aromatic N) is 5. The second kappa shape index (κ2) is 7.05. The number of hydrogen-bond acceptors (Lipinski definition) is 6. The molecule has 0 saturated carbocycles. The fraction of sp³-hybridized carbons (Fsp3) is 0.350. The molecule has 0 aromatic carbocycles. The summed E-state index contributed by atoms with van der Waals surface area (Å²) in [5.74, 6) is -0.562. The van der Waals surface area contributed by atoms with E-state index in [1.165, 1.54) is 33.6 Å². The van der Waals surface area contributed by atoms with Crippen LogP contribution in [-0.2, 0) is 9.53 Å². The molecule has 1 N–H and O–H groups in total. The number of rotatable bonds is 4. The van der Waals surface area contributed by atoms with Crippen LogP contribution in [-0.4, -0.2) is 40.5 Å². The van der Waals surface area contributed by atoms with Crippen LogP contribution in [0.4, 0.5) is 4.39 Å². The summed E-state index contributed by atoms with van der Waals surface area (Å²) in [4.78, 5) is 40.5. The van der Waals surface area contributed by atoms with Gasteiger partial charge in [-0.05, 0) is 39.8 Å². The highest BCUT2D eigenvalue weighted by Crippen LogP contribution is 2.22. The molecule has 0 amide bonds. The molecule has 0 aliphatic heterocycles. The lowest BCUT2D eigenvalue weighted by Crippen LogP contribution is -2.28. The number of esters is 1. The molecule has 0 bridgehead atoms. The van der Waals surface area contributed by atoms with Crippen LogP contribution in [0.1, 0.15) is 40.2 Å². The first kappa shape index (κ1) is 19.7. The van der Waals surface area contributed by atoms with Gasteiger partial charge in [0.1, 0.15) is 28.3 Å². The van der Waals surface area contributed by atoms with Gasteiger partial charge in [0.05, 0.1) is 18.8 Å². The van der Waals surface area contributed by atoms with Crippen molar-refractivity contribution in [1.29, 1.82) is 0 Å². The van der Waals surface area contributed by atoms with E-state index in [9.17, 15) is 14.0 Å². The van der Waals surface area contributed by atoms with Crippen LogP contribution in [0.2, 0.25) is 0 Å². The highest BCUT2D eigenvalue weighted by molar-refractivity contribution is 5.74. The Balaban J connectivity index is 1.75. The van der Waals surface area contributed by atoms with Crippen molar-refractivity contribution in [1.82, 2.24) is 28.9 Å². The summed E-state index contributed by atoms with van der Waals surface area (Å²) in [6.45, 7) is 7.09. The Morgan fingerprint density at radius 2 is 2.03 bits per heavy atom. The van der Waals surface area contributed by atoms with Gasteiger partial charge in [0.2, 0.25) is 0 Å². The van der Waals surface area contributed by atoms with Crippen molar-refractivity contribution in [2.24, 2.45) is 0 Å². The summed E-state index contributed by atoms with van der Waals surface area (Å²) >= 11 is 0. The summed E-state index contributed by atoms with van der Waals surface area (Å²) < 4.78 is 22.0. The lowest BCUT2D eigenvalue weighted by Gasteiger charge is -2.21. The summed E-state index contributed by atoms with van der Waals surface area (Å²) in [6, 6.07) is 2.37. The first-order valence-corrected chi connectivity index (χ1v) is 9.44. The molecule has 0 aliphatic rings. The first-order chi connectivity index (χ1) is 14.1. The number of imidazole rings is 2. The first-order valence-electron chi connectivity index (χ1n) is 9.44. The van der Waals surface area contributed by atoms with Crippen LogP contribution in [0.5, 0.6) is 0 Å². The maximum atomic E-state index is 13.7. The zero-order chi connectivity index (χ0) is 21.6. The Kier molecular flexibility index (Phi) is 4.64. The minimum Gasteiger partial charge on any atom is -0.460 e. The zero-order valence-electron chi connectivity index (χ0n) is 17.0. The molecule has 0 radical (unpaired) electrons. The second-order valence-corrected chi connectivity index (χ2v) is 8.09. The van der Waals surface area contributed by atoms with Gasteiger partial charge in [-0.25, -0.2) is 24.1 Å². The molecule has 10 heteroatoms. The largest absolute Gasteiger partial charge is 0.460 e. The number of pyridine rings is 1. The van der Waals surface area contributed by atoms with E-state index in [1.807, 2.05) is 0 Å². The van der Waals surface area contributed by atoms with E-state index in [0.29, 0.717) is 22.5 Å². The third-order valence-electron chi connectivity index (χ3n) is 4.48. The number of hydrogen-bond donors (Lipinski definition) is 1. The molecule has 4 rings (SSSR count). The number of nitrogens with one attached hydrogen (secondary N) is 1. The number of aromatic nitrogens is 6. The van der Waals surface area contributed by atoms with E-state index in [1.54, 1.807) is 33.8 Å². The van der Waals surface area contributed by atoms with E-state index in [0.717, 1.165) is 0 Å². The smallest absolute Gasteiger partial charge is 0.327 e. The van der Waals surface area contributed by atoms with Crippen molar-refractivity contribution in [3.63, 3.8) is 0 Å². The van der Waals surface area contributed by atoms with Gasteiger partial charge in [-0.15, -0.1) is 0 Å². The molecule has 0 aliphatic carbocycles. The molecule has 4 aromatic rings. The summed E-state index contributed by atoms with van der Waals surface area (Å²) in [5, 5.41) is 0. The van der Waals surface area contributed by atoms with Crippen LogP contribution in [0, 0.1) is 5.82 Å². The van der Waals surface area contributed by atoms with E-state index in [2.05, 4.69) is 19.9 Å². The van der Waals surface area contributed by atoms with E-state index >= 15 is 0 Å².